The first kappa shape index (κ1) is 18.2. The number of rotatable bonds is 5. The summed E-state index contributed by atoms with van der Waals surface area (Å²) < 4.78 is 0. The standard InChI is InChI=1S/C20H28N6/c1-3-21-19(24-12-9-18-7-5-17(2)6-8-18)25-13-15-26(16-14-25)20-22-10-4-11-23-20/h4-8,10-11H,3,9,12-16H2,1-2H3,(H,21,24). The maximum Gasteiger partial charge on any atom is 0.225 e. The number of aliphatic imine (C=N–C) groups is 1. The van der Waals surface area contributed by atoms with Gasteiger partial charge in [-0.1, -0.05) is 29.8 Å². The average Bonchev–Trinajstić information content (AvgIpc) is 2.70. The van der Waals surface area contributed by atoms with Crippen molar-refractivity contribution in [1.82, 2.24) is 20.2 Å². The fraction of sp³-hybridized carbons (Fsp3) is 0.450. The molecule has 2 aromatic rings. The average molecular weight is 352 g/mol. The van der Waals surface area contributed by atoms with Gasteiger partial charge < -0.3 is 15.1 Å². The monoisotopic (exact) mass is 352 g/mol. The summed E-state index contributed by atoms with van der Waals surface area (Å²) in [6.45, 7) is 9.58. The van der Waals surface area contributed by atoms with Crippen molar-refractivity contribution in [3.63, 3.8) is 0 Å². The van der Waals surface area contributed by atoms with Crippen LogP contribution in [0.3, 0.4) is 0 Å². The van der Waals surface area contributed by atoms with Crippen LogP contribution < -0.4 is 10.2 Å². The van der Waals surface area contributed by atoms with Crippen LogP contribution in [0.2, 0.25) is 0 Å². The lowest BCUT2D eigenvalue weighted by Crippen LogP contribution is -2.53. The van der Waals surface area contributed by atoms with Gasteiger partial charge in [0.15, 0.2) is 5.96 Å². The molecule has 0 bridgehead atoms. The third-order valence-corrected chi connectivity index (χ3v) is 4.53. The van der Waals surface area contributed by atoms with E-state index in [0.717, 1.165) is 57.6 Å². The molecule has 6 heteroatoms. The summed E-state index contributed by atoms with van der Waals surface area (Å²) in [7, 11) is 0. The molecule has 1 aliphatic heterocycles. The van der Waals surface area contributed by atoms with Crippen molar-refractivity contribution >= 4 is 11.9 Å². The molecule has 0 saturated carbocycles. The van der Waals surface area contributed by atoms with E-state index < -0.39 is 0 Å². The summed E-state index contributed by atoms with van der Waals surface area (Å²) in [6.07, 6.45) is 4.56. The molecule has 6 nitrogen and oxygen atoms in total. The number of nitrogens with zero attached hydrogens (tertiary/aromatic N) is 5. The molecule has 1 aromatic heterocycles. The predicted molar refractivity (Wildman–Crippen MR) is 107 cm³/mol. The number of hydrogen-bond donors (Lipinski definition) is 1. The number of aryl methyl sites for hydroxylation is 1. The minimum absolute atomic E-state index is 0.799. The van der Waals surface area contributed by atoms with Crippen molar-refractivity contribution in [3.8, 4) is 0 Å². The zero-order chi connectivity index (χ0) is 18.2. The van der Waals surface area contributed by atoms with Crippen molar-refractivity contribution in [2.45, 2.75) is 20.3 Å². The lowest BCUT2D eigenvalue weighted by atomic mass is 10.1. The van der Waals surface area contributed by atoms with E-state index in [1.54, 1.807) is 12.4 Å². The first-order valence-corrected chi connectivity index (χ1v) is 9.37. The Kier molecular flexibility index (Phi) is 6.41. The van der Waals surface area contributed by atoms with Crippen LogP contribution in [0, 0.1) is 6.92 Å². The van der Waals surface area contributed by atoms with Gasteiger partial charge in [-0.15, -0.1) is 0 Å². The molecule has 0 atom stereocenters. The molecule has 1 fully saturated rings. The highest BCUT2D eigenvalue weighted by Gasteiger charge is 2.20. The van der Waals surface area contributed by atoms with Gasteiger partial charge in [-0.2, -0.15) is 0 Å². The fourth-order valence-corrected chi connectivity index (χ4v) is 3.04. The van der Waals surface area contributed by atoms with Crippen molar-refractivity contribution in [3.05, 3.63) is 53.9 Å². The summed E-state index contributed by atoms with van der Waals surface area (Å²) in [4.78, 5) is 18.1. The number of benzene rings is 1. The summed E-state index contributed by atoms with van der Waals surface area (Å²) in [6, 6.07) is 10.6. The topological polar surface area (TPSA) is 56.7 Å². The molecule has 138 valence electrons. The Morgan fingerprint density at radius 2 is 1.77 bits per heavy atom. The Labute approximate surface area is 156 Å². The van der Waals surface area contributed by atoms with Crippen LogP contribution >= 0.6 is 0 Å². The van der Waals surface area contributed by atoms with Crippen molar-refractivity contribution < 1.29 is 0 Å². The van der Waals surface area contributed by atoms with Crippen LogP contribution in [0.4, 0.5) is 5.95 Å². The van der Waals surface area contributed by atoms with E-state index in [9.17, 15) is 0 Å². The Balaban J connectivity index is 1.55. The van der Waals surface area contributed by atoms with Crippen molar-refractivity contribution in [2.24, 2.45) is 4.99 Å². The van der Waals surface area contributed by atoms with Crippen molar-refractivity contribution in [1.29, 1.82) is 0 Å². The highest BCUT2D eigenvalue weighted by Crippen LogP contribution is 2.10. The van der Waals surface area contributed by atoms with E-state index in [1.165, 1.54) is 11.1 Å². The Bertz CT molecular complexity index is 690. The summed E-state index contributed by atoms with van der Waals surface area (Å²) in [5.41, 5.74) is 2.63. The first-order chi connectivity index (χ1) is 12.8. The molecule has 26 heavy (non-hydrogen) atoms. The zero-order valence-corrected chi connectivity index (χ0v) is 15.7. The Hall–Kier alpha value is -2.63. The summed E-state index contributed by atoms with van der Waals surface area (Å²) in [5, 5.41) is 3.43. The smallest absolute Gasteiger partial charge is 0.225 e. The maximum absolute atomic E-state index is 4.83. The Morgan fingerprint density at radius 1 is 1.08 bits per heavy atom. The number of hydrogen-bond acceptors (Lipinski definition) is 4. The van der Waals surface area contributed by atoms with Crippen LogP contribution in [0.15, 0.2) is 47.7 Å². The molecule has 0 aliphatic carbocycles. The second-order valence-electron chi connectivity index (χ2n) is 6.49. The number of nitrogens with one attached hydrogen (secondary N) is 1. The van der Waals surface area contributed by atoms with Gasteiger partial charge in [-0.05, 0) is 31.9 Å². The molecule has 2 heterocycles. The van der Waals surface area contributed by atoms with Crippen molar-refractivity contribution in [2.75, 3.05) is 44.2 Å². The van der Waals surface area contributed by atoms with Gasteiger partial charge in [-0.25, -0.2) is 9.97 Å². The molecule has 1 N–H and O–H groups in total. The lowest BCUT2D eigenvalue weighted by molar-refractivity contribution is 0.370. The summed E-state index contributed by atoms with van der Waals surface area (Å²) >= 11 is 0. The minimum atomic E-state index is 0.799. The molecule has 1 saturated heterocycles. The molecule has 0 radical (unpaired) electrons. The highest BCUT2D eigenvalue weighted by molar-refractivity contribution is 5.80. The van der Waals surface area contributed by atoms with Gasteiger partial charge >= 0.3 is 0 Å². The van der Waals surface area contributed by atoms with E-state index >= 15 is 0 Å². The quantitative estimate of drug-likeness (QED) is 0.660. The van der Waals surface area contributed by atoms with Gasteiger partial charge in [-0.3, -0.25) is 4.99 Å². The highest BCUT2D eigenvalue weighted by atomic mass is 15.4. The number of piperazine rings is 1. The van der Waals surface area contributed by atoms with Crippen LogP contribution in [-0.2, 0) is 6.42 Å². The first-order valence-electron chi connectivity index (χ1n) is 9.37. The molecule has 0 amide bonds. The molecular formula is C20H28N6. The van der Waals surface area contributed by atoms with E-state index in [1.807, 2.05) is 6.07 Å². The van der Waals surface area contributed by atoms with Gasteiger partial charge in [0.25, 0.3) is 0 Å². The summed E-state index contributed by atoms with van der Waals surface area (Å²) in [5.74, 6) is 1.82. The van der Waals surface area contributed by atoms with E-state index in [0.29, 0.717) is 0 Å². The number of guanidine groups is 1. The molecule has 1 aliphatic rings. The molecule has 3 rings (SSSR count). The zero-order valence-electron chi connectivity index (χ0n) is 15.7. The lowest BCUT2D eigenvalue weighted by Gasteiger charge is -2.36. The van der Waals surface area contributed by atoms with E-state index in [4.69, 9.17) is 4.99 Å². The predicted octanol–water partition coefficient (Wildman–Crippen LogP) is 2.12. The molecular weight excluding hydrogens is 324 g/mol. The normalized spacial score (nSPS) is 15.2. The van der Waals surface area contributed by atoms with Crippen LogP contribution in [-0.4, -0.2) is 60.1 Å². The second kappa shape index (κ2) is 9.17. The maximum atomic E-state index is 4.83. The minimum Gasteiger partial charge on any atom is -0.357 e. The van der Waals surface area contributed by atoms with Gasteiger partial charge in [0, 0.05) is 51.7 Å². The largest absolute Gasteiger partial charge is 0.357 e. The second-order valence-corrected chi connectivity index (χ2v) is 6.49. The van der Waals surface area contributed by atoms with Gasteiger partial charge in [0.2, 0.25) is 5.95 Å². The van der Waals surface area contributed by atoms with Gasteiger partial charge in [0.1, 0.15) is 0 Å². The third-order valence-electron chi connectivity index (χ3n) is 4.53. The number of aromatic nitrogens is 2. The number of anilines is 1. The molecule has 0 unspecified atom stereocenters. The van der Waals surface area contributed by atoms with E-state index in [2.05, 4.69) is 63.2 Å². The van der Waals surface area contributed by atoms with E-state index in [-0.39, 0.29) is 0 Å². The Morgan fingerprint density at radius 3 is 2.42 bits per heavy atom. The van der Waals surface area contributed by atoms with Crippen LogP contribution in [0.25, 0.3) is 0 Å². The van der Waals surface area contributed by atoms with Gasteiger partial charge in [0.05, 0.1) is 0 Å². The third kappa shape index (κ3) is 4.94. The SMILES string of the molecule is CCNC(=NCCc1ccc(C)cc1)N1CCN(c2ncccn2)CC1. The molecule has 0 spiro atoms. The van der Waals surface area contributed by atoms with Crippen LogP contribution in [0.1, 0.15) is 18.1 Å². The fourth-order valence-electron chi connectivity index (χ4n) is 3.04. The van der Waals surface area contributed by atoms with Crippen LogP contribution in [0.5, 0.6) is 0 Å². The molecule has 1 aromatic carbocycles.